The van der Waals surface area contributed by atoms with Crippen molar-refractivity contribution in [1.29, 1.82) is 5.26 Å². The minimum atomic E-state index is -4.80. The highest BCUT2D eigenvalue weighted by molar-refractivity contribution is 8.13. The van der Waals surface area contributed by atoms with E-state index in [9.17, 15) is 21.6 Å². The van der Waals surface area contributed by atoms with E-state index in [-0.39, 0.29) is 0 Å². The molecule has 1 rings (SSSR count). The lowest BCUT2D eigenvalue weighted by Gasteiger charge is -2.06. The van der Waals surface area contributed by atoms with Crippen molar-refractivity contribution in [2.75, 3.05) is 0 Å². The fraction of sp³-hybridized carbons (Fsp3) is 0.143. The summed E-state index contributed by atoms with van der Waals surface area (Å²) in [7, 11) is 0.366. The summed E-state index contributed by atoms with van der Waals surface area (Å²) in [4.78, 5) is 2.82. The van der Waals surface area contributed by atoms with Gasteiger partial charge in [0.25, 0.3) is 9.05 Å². The van der Waals surface area contributed by atoms with Crippen molar-refractivity contribution < 1.29 is 21.6 Å². The number of halogens is 4. The van der Waals surface area contributed by atoms with Gasteiger partial charge in [-0.1, -0.05) is 0 Å². The van der Waals surface area contributed by atoms with Gasteiger partial charge in [-0.15, -0.1) is 0 Å². The van der Waals surface area contributed by atoms with Crippen molar-refractivity contribution >= 4 is 19.7 Å². The Bertz CT molecular complexity index is 562. The maximum absolute atomic E-state index is 12.2. The molecule has 16 heavy (non-hydrogen) atoms. The second-order valence-corrected chi connectivity index (χ2v) is 5.08. The van der Waals surface area contributed by atoms with E-state index in [0.717, 1.165) is 0 Å². The molecule has 86 valence electrons. The Hall–Kier alpha value is -1.33. The molecule has 1 aromatic rings. The Morgan fingerprint density at radius 1 is 1.38 bits per heavy atom. The molecule has 9 heteroatoms. The minimum Gasteiger partial charge on any atom is -0.229 e. The van der Waals surface area contributed by atoms with Crippen LogP contribution in [0.4, 0.5) is 13.2 Å². The molecule has 0 radical (unpaired) electrons. The summed E-state index contributed by atoms with van der Waals surface area (Å²) in [5.41, 5.74) is -1.96. The molecule has 0 aromatic carbocycles. The quantitative estimate of drug-likeness (QED) is 0.731. The number of aromatic nitrogens is 1. The minimum absolute atomic E-state index is 0.504. The highest BCUT2D eigenvalue weighted by atomic mass is 35.7. The van der Waals surface area contributed by atoms with E-state index in [0.29, 0.717) is 12.1 Å². The van der Waals surface area contributed by atoms with Crippen molar-refractivity contribution in [3.05, 3.63) is 23.4 Å². The van der Waals surface area contributed by atoms with Crippen molar-refractivity contribution in [2.24, 2.45) is 0 Å². The first-order valence-electron chi connectivity index (χ1n) is 3.59. The van der Waals surface area contributed by atoms with Gasteiger partial charge in [-0.05, 0) is 12.1 Å². The molecular weight excluding hydrogens is 269 g/mol. The van der Waals surface area contributed by atoms with E-state index in [1.54, 1.807) is 0 Å². The summed E-state index contributed by atoms with van der Waals surface area (Å²) in [6, 6.07) is 2.59. The molecule has 0 fully saturated rings. The molecule has 0 bridgehead atoms. The Labute approximate surface area is 92.7 Å². The smallest absolute Gasteiger partial charge is 0.229 e. The SMILES string of the molecule is N#Cc1ccc(C(F)(F)F)nc1S(=O)(=O)Cl. The van der Waals surface area contributed by atoms with Crippen molar-refractivity contribution in [3.63, 3.8) is 0 Å². The third-order valence-corrected chi connectivity index (χ3v) is 2.71. The third kappa shape index (κ3) is 2.62. The van der Waals surface area contributed by atoms with E-state index >= 15 is 0 Å². The fourth-order valence-electron chi connectivity index (χ4n) is 0.869. The first-order chi connectivity index (χ1) is 7.16. The van der Waals surface area contributed by atoms with E-state index < -0.39 is 31.5 Å². The van der Waals surface area contributed by atoms with Crippen LogP contribution in [0.15, 0.2) is 17.2 Å². The maximum atomic E-state index is 12.2. The van der Waals surface area contributed by atoms with Crippen LogP contribution >= 0.6 is 10.7 Å². The van der Waals surface area contributed by atoms with E-state index in [1.807, 2.05) is 0 Å². The number of hydrogen-bond donors (Lipinski definition) is 0. The van der Waals surface area contributed by atoms with Gasteiger partial charge < -0.3 is 0 Å². The number of hydrogen-bond acceptors (Lipinski definition) is 4. The van der Waals surface area contributed by atoms with Gasteiger partial charge in [-0.3, -0.25) is 0 Å². The van der Waals surface area contributed by atoms with Crippen molar-refractivity contribution in [1.82, 2.24) is 4.98 Å². The van der Waals surface area contributed by atoms with Crippen LogP contribution in [0.2, 0.25) is 0 Å². The Morgan fingerprint density at radius 2 is 1.94 bits per heavy atom. The summed E-state index contributed by atoms with van der Waals surface area (Å²) in [6.45, 7) is 0. The van der Waals surface area contributed by atoms with Gasteiger partial charge in [0.2, 0.25) is 0 Å². The van der Waals surface area contributed by atoms with Gasteiger partial charge in [0, 0.05) is 10.7 Å². The van der Waals surface area contributed by atoms with E-state index in [4.69, 9.17) is 15.9 Å². The van der Waals surface area contributed by atoms with Crippen LogP contribution in [0, 0.1) is 11.3 Å². The first kappa shape index (κ1) is 12.7. The lowest BCUT2D eigenvalue weighted by Crippen LogP contribution is -2.11. The first-order valence-corrected chi connectivity index (χ1v) is 5.90. The second kappa shape index (κ2) is 3.92. The molecule has 0 aliphatic heterocycles. The zero-order valence-corrected chi connectivity index (χ0v) is 8.86. The van der Waals surface area contributed by atoms with Crippen molar-refractivity contribution in [2.45, 2.75) is 11.2 Å². The molecule has 0 amide bonds. The van der Waals surface area contributed by atoms with E-state index in [2.05, 4.69) is 4.98 Å². The second-order valence-electron chi connectivity index (χ2n) is 2.60. The molecule has 1 heterocycles. The van der Waals surface area contributed by atoms with Gasteiger partial charge in [0.15, 0.2) is 5.03 Å². The predicted octanol–water partition coefficient (Wildman–Crippen LogP) is 1.90. The summed E-state index contributed by atoms with van der Waals surface area (Å²) >= 11 is 0. The standard InChI is InChI=1S/C7H2ClF3N2O2S/c8-16(14,15)6-4(3-12)1-2-5(13-6)7(9,10)11/h1-2H. The summed E-state index contributed by atoms with van der Waals surface area (Å²) < 4.78 is 58.4. The lowest BCUT2D eigenvalue weighted by molar-refractivity contribution is -0.141. The molecule has 0 aliphatic rings. The lowest BCUT2D eigenvalue weighted by atomic mass is 10.2. The molecular formula is C7H2ClF3N2O2S. The fourth-order valence-corrected chi connectivity index (χ4v) is 1.81. The Balaban J connectivity index is 3.54. The third-order valence-electron chi connectivity index (χ3n) is 1.50. The number of pyridine rings is 1. The zero-order valence-electron chi connectivity index (χ0n) is 7.29. The number of nitriles is 1. The molecule has 0 spiro atoms. The average molecular weight is 271 g/mol. The topological polar surface area (TPSA) is 70.8 Å². The largest absolute Gasteiger partial charge is 0.433 e. The van der Waals surface area contributed by atoms with Crippen LogP contribution < -0.4 is 0 Å². The van der Waals surface area contributed by atoms with Gasteiger partial charge >= 0.3 is 6.18 Å². The highest BCUT2D eigenvalue weighted by Gasteiger charge is 2.34. The van der Waals surface area contributed by atoms with Crippen LogP contribution in [0.1, 0.15) is 11.3 Å². The number of nitrogens with zero attached hydrogens (tertiary/aromatic N) is 2. The van der Waals surface area contributed by atoms with Crippen molar-refractivity contribution in [3.8, 4) is 6.07 Å². The molecule has 0 unspecified atom stereocenters. The van der Waals surface area contributed by atoms with Crippen LogP contribution in [0.3, 0.4) is 0 Å². The van der Waals surface area contributed by atoms with Gasteiger partial charge in [0.05, 0.1) is 5.56 Å². The molecule has 0 N–H and O–H groups in total. The molecule has 0 saturated heterocycles. The van der Waals surface area contributed by atoms with Crippen LogP contribution in [0.25, 0.3) is 0 Å². The number of rotatable bonds is 1. The molecule has 4 nitrogen and oxygen atoms in total. The monoisotopic (exact) mass is 270 g/mol. The Kier molecular flexibility index (Phi) is 3.12. The summed E-state index contributed by atoms with van der Waals surface area (Å²) in [6.07, 6.45) is -4.80. The average Bonchev–Trinajstić information content (AvgIpc) is 2.14. The molecule has 1 aromatic heterocycles. The molecule has 0 atom stereocenters. The predicted molar refractivity (Wildman–Crippen MR) is 47.0 cm³/mol. The normalized spacial score (nSPS) is 12.2. The van der Waals surface area contributed by atoms with Crippen LogP contribution in [0.5, 0.6) is 0 Å². The van der Waals surface area contributed by atoms with Gasteiger partial charge in [0.1, 0.15) is 11.8 Å². The Morgan fingerprint density at radius 3 is 2.31 bits per heavy atom. The molecule has 0 aliphatic carbocycles. The molecule has 0 saturated carbocycles. The van der Waals surface area contributed by atoms with Gasteiger partial charge in [-0.2, -0.15) is 18.4 Å². The maximum Gasteiger partial charge on any atom is 0.433 e. The van der Waals surface area contributed by atoms with E-state index in [1.165, 1.54) is 6.07 Å². The summed E-state index contributed by atoms with van der Waals surface area (Å²) in [5.74, 6) is 0. The zero-order chi connectivity index (χ0) is 12.6. The van der Waals surface area contributed by atoms with Crippen LogP contribution in [-0.2, 0) is 15.2 Å². The summed E-state index contributed by atoms with van der Waals surface area (Å²) in [5, 5.41) is 7.39. The number of alkyl halides is 3. The highest BCUT2D eigenvalue weighted by Crippen LogP contribution is 2.29. The van der Waals surface area contributed by atoms with Crippen LogP contribution in [-0.4, -0.2) is 13.4 Å². The van der Waals surface area contributed by atoms with Gasteiger partial charge in [-0.25, -0.2) is 13.4 Å².